The third kappa shape index (κ3) is 6.33. The van der Waals surface area contributed by atoms with Gasteiger partial charge in [0.1, 0.15) is 0 Å². The average Bonchev–Trinajstić information content (AvgIpc) is 3.11. The molecule has 0 aromatic carbocycles. The maximum Gasteiger partial charge on any atom is 0.0273 e. The van der Waals surface area contributed by atoms with Crippen LogP contribution in [0.25, 0.3) is 0 Å². The molecule has 3 rings (SSSR count). The highest BCUT2D eigenvalue weighted by Gasteiger charge is 2.48. The predicted octanol–water partition coefficient (Wildman–Crippen LogP) is 9.13. The molecule has 0 radical (unpaired) electrons. The van der Waals surface area contributed by atoms with E-state index in [0.29, 0.717) is 17.4 Å². The third-order valence-corrected chi connectivity index (χ3v) is 9.79. The Bertz CT molecular complexity index is 750. The molecule has 3 aliphatic rings. The molecule has 0 heterocycles. The molecule has 3 saturated carbocycles. The van der Waals surface area contributed by atoms with E-state index < -0.39 is 0 Å². The zero-order valence-corrected chi connectivity index (χ0v) is 22.9. The van der Waals surface area contributed by atoms with Gasteiger partial charge in [0.05, 0.1) is 0 Å². The Morgan fingerprint density at radius 3 is 2.55 bits per heavy atom. The van der Waals surface area contributed by atoms with Crippen LogP contribution in [0.4, 0.5) is 0 Å². The zero-order chi connectivity index (χ0) is 24.2. The molecule has 5 atom stereocenters. The fourth-order valence-corrected chi connectivity index (χ4v) is 7.17. The van der Waals surface area contributed by atoms with Crippen LogP contribution in [-0.2, 0) is 0 Å². The summed E-state index contributed by atoms with van der Waals surface area (Å²) in [7, 11) is 4.33. The van der Waals surface area contributed by atoms with E-state index in [4.69, 9.17) is 0 Å². The van der Waals surface area contributed by atoms with Crippen LogP contribution < -0.4 is 0 Å². The molecule has 0 N–H and O–H groups in total. The van der Waals surface area contributed by atoms with Crippen molar-refractivity contribution in [3.8, 4) is 0 Å². The van der Waals surface area contributed by atoms with Crippen molar-refractivity contribution < 1.29 is 0 Å². The highest BCUT2D eigenvalue weighted by atomic mass is 15.1. The summed E-state index contributed by atoms with van der Waals surface area (Å²) in [6, 6.07) is 0.441. The van der Waals surface area contributed by atoms with Crippen LogP contribution in [0.3, 0.4) is 0 Å². The van der Waals surface area contributed by atoms with Gasteiger partial charge in [-0.05, 0) is 113 Å². The highest BCUT2D eigenvalue weighted by molar-refractivity contribution is 5.37. The Morgan fingerprint density at radius 2 is 1.85 bits per heavy atom. The van der Waals surface area contributed by atoms with Crippen LogP contribution >= 0.6 is 0 Å². The van der Waals surface area contributed by atoms with Gasteiger partial charge < -0.3 is 4.90 Å². The van der Waals surface area contributed by atoms with Crippen LogP contribution in [0, 0.1) is 29.1 Å². The molecule has 5 unspecified atom stereocenters. The third-order valence-electron chi connectivity index (χ3n) is 9.79. The first kappa shape index (κ1) is 26.5. The lowest BCUT2D eigenvalue weighted by Crippen LogP contribution is -2.33. The van der Waals surface area contributed by atoms with E-state index in [2.05, 4.69) is 72.0 Å². The van der Waals surface area contributed by atoms with Gasteiger partial charge in [-0.3, -0.25) is 0 Å². The first-order chi connectivity index (χ1) is 15.6. The molecule has 0 aromatic heterocycles. The lowest BCUT2D eigenvalue weighted by Gasteiger charge is -2.42. The van der Waals surface area contributed by atoms with Gasteiger partial charge in [0, 0.05) is 6.04 Å². The summed E-state index contributed by atoms with van der Waals surface area (Å²) in [5.74, 6) is 3.20. The Kier molecular flexibility index (Phi) is 9.30. The summed E-state index contributed by atoms with van der Waals surface area (Å²) in [5, 5.41) is 0. The highest BCUT2D eigenvalue weighted by Crippen LogP contribution is 2.58. The van der Waals surface area contributed by atoms with E-state index in [1.54, 1.807) is 5.57 Å². The molecule has 0 aliphatic heterocycles. The quantitative estimate of drug-likeness (QED) is 0.249. The number of likely N-dealkylation sites (N-methyl/N-ethyl adjacent to an activating group) is 1. The Hall–Kier alpha value is -1.08. The minimum Gasteiger partial charge on any atom is -0.303 e. The van der Waals surface area contributed by atoms with Crippen molar-refractivity contribution >= 4 is 0 Å². The van der Waals surface area contributed by atoms with Crippen LogP contribution in [0.15, 0.2) is 47.6 Å². The van der Waals surface area contributed by atoms with E-state index in [0.717, 1.165) is 30.6 Å². The van der Waals surface area contributed by atoms with E-state index in [1.807, 2.05) is 0 Å². The van der Waals surface area contributed by atoms with Crippen LogP contribution in [0.1, 0.15) is 105 Å². The second kappa shape index (κ2) is 11.6. The molecular weight excluding hydrogens is 398 g/mol. The molecule has 3 aliphatic carbocycles. The maximum atomic E-state index is 4.50. The molecule has 186 valence electrons. The summed E-state index contributed by atoms with van der Waals surface area (Å²) in [5.41, 5.74) is 6.54. The van der Waals surface area contributed by atoms with Crippen LogP contribution in [0.5, 0.6) is 0 Å². The summed E-state index contributed by atoms with van der Waals surface area (Å²) in [4.78, 5) is 2.29. The SMILES string of the molecule is C=C1CCC(C(=C)C(C)N(C)C)C/C1=C\C=C1/CCCC2(C)C(CCCCC(C)C)CCC12. The average molecular weight is 452 g/mol. The van der Waals surface area contributed by atoms with Crippen LogP contribution in [-0.4, -0.2) is 25.0 Å². The number of hydrogen-bond acceptors (Lipinski definition) is 1. The number of nitrogens with zero attached hydrogens (tertiary/aromatic N) is 1. The van der Waals surface area contributed by atoms with Crippen molar-refractivity contribution in [3.63, 3.8) is 0 Å². The fourth-order valence-electron chi connectivity index (χ4n) is 7.17. The van der Waals surface area contributed by atoms with Gasteiger partial charge in [0.25, 0.3) is 0 Å². The van der Waals surface area contributed by atoms with Crippen molar-refractivity contribution in [2.45, 2.75) is 111 Å². The number of allylic oxidation sites excluding steroid dienone is 5. The van der Waals surface area contributed by atoms with Crippen molar-refractivity contribution in [1.82, 2.24) is 4.90 Å². The topological polar surface area (TPSA) is 3.24 Å². The van der Waals surface area contributed by atoms with Gasteiger partial charge >= 0.3 is 0 Å². The molecule has 0 aromatic rings. The molecule has 0 spiro atoms. The van der Waals surface area contributed by atoms with Crippen molar-refractivity contribution in [2.75, 3.05) is 14.1 Å². The molecule has 3 fully saturated rings. The summed E-state index contributed by atoms with van der Waals surface area (Å²) < 4.78 is 0. The van der Waals surface area contributed by atoms with Gasteiger partial charge in [0.2, 0.25) is 0 Å². The Morgan fingerprint density at radius 1 is 1.09 bits per heavy atom. The monoisotopic (exact) mass is 451 g/mol. The number of fused-ring (bicyclic) bond motifs is 1. The maximum absolute atomic E-state index is 4.50. The minimum absolute atomic E-state index is 0.441. The smallest absolute Gasteiger partial charge is 0.0273 e. The van der Waals surface area contributed by atoms with Gasteiger partial charge in [-0.1, -0.05) is 82.1 Å². The molecule has 1 heteroatoms. The number of hydrogen-bond donors (Lipinski definition) is 0. The second-order valence-corrected chi connectivity index (χ2v) is 12.6. The summed E-state index contributed by atoms with van der Waals surface area (Å²) >= 11 is 0. The van der Waals surface area contributed by atoms with Crippen molar-refractivity contribution in [1.29, 1.82) is 0 Å². The minimum atomic E-state index is 0.441. The lowest BCUT2D eigenvalue weighted by atomic mass is 9.62. The van der Waals surface area contributed by atoms with Gasteiger partial charge in [-0.15, -0.1) is 0 Å². The van der Waals surface area contributed by atoms with Gasteiger partial charge in [-0.25, -0.2) is 0 Å². The molecule has 0 bridgehead atoms. The van der Waals surface area contributed by atoms with Crippen LogP contribution in [0.2, 0.25) is 0 Å². The normalized spacial score (nSPS) is 33.8. The molecular formula is C32H53N. The molecule has 1 nitrogen and oxygen atoms in total. The number of unbranched alkanes of at least 4 members (excludes halogenated alkanes) is 1. The predicted molar refractivity (Wildman–Crippen MR) is 146 cm³/mol. The van der Waals surface area contributed by atoms with E-state index in [-0.39, 0.29) is 0 Å². The van der Waals surface area contributed by atoms with Crippen molar-refractivity contribution in [3.05, 3.63) is 47.6 Å². The molecule has 0 saturated heterocycles. The lowest BCUT2D eigenvalue weighted by molar-refractivity contribution is 0.127. The first-order valence-electron chi connectivity index (χ1n) is 14.1. The first-order valence-corrected chi connectivity index (χ1v) is 14.1. The fraction of sp³-hybridized carbons (Fsp3) is 0.750. The van der Waals surface area contributed by atoms with E-state index in [9.17, 15) is 0 Å². The van der Waals surface area contributed by atoms with E-state index in [1.165, 1.54) is 80.9 Å². The standard InChI is InChI=1S/C32H53N/c1-23(2)12-9-10-14-30-19-20-31-27(13-11-21-32(30,31)6)17-18-28-22-29(16-15-24(28)3)25(4)26(5)33(7)8/h17-18,23,26,29-31H,3-4,9-16,19-22H2,1-2,5-8H3/b27-17+,28-18+. The van der Waals surface area contributed by atoms with Crippen molar-refractivity contribution in [2.24, 2.45) is 29.1 Å². The summed E-state index contributed by atoms with van der Waals surface area (Å²) in [6.45, 7) is 18.6. The molecule has 0 amide bonds. The van der Waals surface area contributed by atoms with Gasteiger partial charge in [0.15, 0.2) is 0 Å². The largest absolute Gasteiger partial charge is 0.303 e. The zero-order valence-electron chi connectivity index (χ0n) is 22.9. The van der Waals surface area contributed by atoms with Gasteiger partial charge in [-0.2, -0.15) is 0 Å². The Labute approximate surface area is 206 Å². The molecule has 33 heavy (non-hydrogen) atoms. The summed E-state index contributed by atoms with van der Waals surface area (Å²) in [6.07, 6.45) is 21.2. The second-order valence-electron chi connectivity index (χ2n) is 12.6. The van der Waals surface area contributed by atoms with E-state index >= 15 is 0 Å². The Balaban J connectivity index is 1.67. The number of rotatable bonds is 9.